The fraction of sp³-hybridized carbons (Fsp3) is 0.375. The number of nitrogens with zero attached hydrogens (tertiary/aromatic N) is 1. The minimum absolute atomic E-state index is 0.0994. The molecule has 1 aromatic carbocycles. The lowest BCUT2D eigenvalue weighted by Crippen LogP contribution is -2.43. The first kappa shape index (κ1) is 15.1. The van der Waals surface area contributed by atoms with Gasteiger partial charge in [0, 0.05) is 23.0 Å². The van der Waals surface area contributed by atoms with E-state index in [4.69, 9.17) is 16.0 Å². The first-order valence-electron chi connectivity index (χ1n) is 7.64. The quantitative estimate of drug-likeness (QED) is 0.887. The molecular weight excluding hydrogens is 334 g/mol. The van der Waals surface area contributed by atoms with E-state index in [0.29, 0.717) is 22.2 Å². The molecule has 3 unspecified atom stereocenters. The van der Waals surface area contributed by atoms with Crippen LogP contribution < -0.4 is 10.6 Å². The number of halogens is 1. The lowest BCUT2D eigenvalue weighted by Gasteiger charge is -2.20. The van der Waals surface area contributed by atoms with Gasteiger partial charge in [0.15, 0.2) is 5.09 Å². The van der Waals surface area contributed by atoms with Crippen molar-refractivity contribution in [3.63, 3.8) is 0 Å². The van der Waals surface area contributed by atoms with Crippen molar-refractivity contribution >= 4 is 29.3 Å². The van der Waals surface area contributed by atoms with Gasteiger partial charge in [-0.3, -0.25) is 4.79 Å². The molecule has 2 aromatic rings. The summed E-state index contributed by atoms with van der Waals surface area (Å²) in [6.07, 6.45) is 4.86. The third-order valence-corrected chi connectivity index (χ3v) is 5.75. The summed E-state index contributed by atoms with van der Waals surface area (Å²) in [5.41, 5.74) is 0. The molecule has 23 heavy (non-hydrogen) atoms. The number of fused-ring (bicyclic) bond motifs is 2. The molecule has 3 heterocycles. The van der Waals surface area contributed by atoms with Crippen molar-refractivity contribution in [1.82, 2.24) is 15.6 Å². The average molecular weight is 350 g/mol. The summed E-state index contributed by atoms with van der Waals surface area (Å²) >= 11 is 7.48. The van der Waals surface area contributed by atoms with Gasteiger partial charge in [0.05, 0.1) is 11.2 Å². The molecule has 2 saturated heterocycles. The van der Waals surface area contributed by atoms with Crippen LogP contribution in [0.4, 0.5) is 0 Å². The molecule has 120 valence electrons. The fourth-order valence-electron chi connectivity index (χ4n) is 3.26. The molecule has 3 atom stereocenters. The molecule has 5 nitrogen and oxygen atoms in total. The predicted molar refractivity (Wildman–Crippen MR) is 87.9 cm³/mol. The average Bonchev–Trinajstić information content (AvgIpc) is 3.26. The third kappa shape index (κ3) is 3.11. The molecule has 0 saturated carbocycles. The number of hydrogen-bond acceptors (Lipinski definition) is 5. The summed E-state index contributed by atoms with van der Waals surface area (Å²) < 4.78 is 5.56. The van der Waals surface area contributed by atoms with Crippen LogP contribution in [0.25, 0.3) is 0 Å². The van der Waals surface area contributed by atoms with Gasteiger partial charge in [-0.15, -0.1) is 0 Å². The van der Waals surface area contributed by atoms with Crippen LogP contribution in [-0.2, 0) is 0 Å². The summed E-state index contributed by atoms with van der Waals surface area (Å²) in [5.74, 6) is -0.155. The first-order chi connectivity index (χ1) is 11.2. The van der Waals surface area contributed by atoms with Crippen molar-refractivity contribution < 1.29 is 9.21 Å². The fourth-order valence-corrected chi connectivity index (χ4v) is 4.27. The highest BCUT2D eigenvalue weighted by Crippen LogP contribution is 2.33. The maximum Gasteiger partial charge on any atom is 0.307 e. The maximum absolute atomic E-state index is 12.3. The Bertz CT molecular complexity index is 736. The van der Waals surface area contributed by atoms with E-state index in [2.05, 4.69) is 15.6 Å². The number of carbonyl (C=O) groups is 1. The predicted octanol–water partition coefficient (Wildman–Crippen LogP) is 3.10. The molecule has 4 rings (SSSR count). The van der Waals surface area contributed by atoms with Crippen LogP contribution in [0.3, 0.4) is 0 Å². The Morgan fingerprint density at radius 1 is 1.39 bits per heavy atom. The second-order valence-electron chi connectivity index (χ2n) is 5.88. The molecular formula is C16H16ClN3O2S. The number of carbonyl (C=O) groups excluding carboxylic acids is 1. The molecule has 0 radical (unpaired) electrons. The smallest absolute Gasteiger partial charge is 0.307 e. The molecule has 2 fully saturated rings. The van der Waals surface area contributed by atoms with E-state index in [1.807, 2.05) is 24.3 Å². The molecule has 2 aliphatic heterocycles. The van der Waals surface area contributed by atoms with E-state index in [9.17, 15) is 4.79 Å². The normalized spacial score (nSPS) is 25.7. The van der Waals surface area contributed by atoms with E-state index in [0.717, 1.165) is 17.7 Å². The topological polar surface area (TPSA) is 67.2 Å². The Labute approximate surface area is 143 Å². The van der Waals surface area contributed by atoms with Crippen LogP contribution in [0.5, 0.6) is 0 Å². The maximum atomic E-state index is 12.3. The van der Waals surface area contributed by atoms with Crippen molar-refractivity contribution in [2.45, 2.75) is 47.4 Å². The van der Waals surface area contributed by atoms with Gasteiger partial charge in [-0.25, -0.2) is 4.98 Å². The van der Waals surface area contributed by atoms with Gasteiger partial charge in [-0.1, -0.05) is 23.7 Å². The molecule has 2 aliphatic rings. The Morgan fingerprint density at radius 2 is 2.26 bits per heavy atom. The minimum atomic E-state index is -0.254. The van der Waals surface area contributed by atoms with Crippen LogP contribution in [0.1, 0.15) is 29.9 Å². The molecule has 1 amide bonds. The number of hydrogen-bond donors (Lipinski definition) is 2. The van der Waals surface area contributed by atoms with Gasteiger partial charge < -0.3 is 15.1 Å². The van der Waals surface area contributed by atoms with E-state index >= 15 is 0 Å². The van der Waals surface area contributed by atoms with Gasteiger partial charge in [0.1, 0.15) is 0 Å². The van der Waals surface area contributed by atoms with Crippen LogP contribution in [0.15, 0.2) is 44.9 Å². The van der Waals surface area contributed by atoms with Crippen molar-refractivity contribution in [1.29, 1.82) is 0 Å². The highest BCUT2D eigenvalue weighted by atomic mass is 35.5. The van der Waals surface area contributed by atoms with Gasteiger partial charge in [-0.05, 0) is 43.2 Å². The van der Waals surface area contributed by atoms with E-state index in [-0.39, 0.29) is 17.8 Å². The highest BCUT2D eigenvalue weighted by Gasteiger charge is 2.40. The number of aromatic nitrogens is 1. The molecule has 2 bridgehead atoms. The van der Waals surface area contributed by atoms with E-state index in [1.165, 1.54) is 18.2 Å². The zero-order valence-corrected chi connectivity index (χ0v) is 13.9. The van der Waals surface area contributed by atoms with Gasteiger partial charge >= 0.3 is 5.91 Å². The Hall–Kier alpha value is -1.50. The van der Waals surface area contributed by atoms with Crippen LogP contribution in [0.2, 0.25) is 5.02 Å². The number of oxazole rings is 1. The van der Waals surface area contributed by atoms with Crippen molar-refractivity contribution in [2.24, 2.45) is 0 Å². The molecule has 7 heteroatoms. The largest absolute Gasteiger partial charge is 0.425 e. The summed E-state index contributed by atoms with van der Waals surface area (Å²) in [6, 6.07) is 8.59. The first-order valence-corrected chi connectivity index (χ1v) is 8.83. The molecule has 2 N–H and O–H groups in total. The summed E-state index contributed by atoms with van der Waals surface area (Å²) in [7, 11) is 0. The SMILES string of the molecule is O=C(NC1CC2CCC1N2)c1ncc(Sc2ccccc2Cl)o1. The summed E-state index contributed by atoms with van der Waals surface area (Å²) in [5, 5.41) is 7.71. The molecule has 0 aliphatic carbocycles. The van der Waals surface area contributed by atoms with Crippen LogP contribution in [0, 0.1) is 0 Å². The number of amides is 1. The summed E-state index contributed by atoms with van der Waals surface area (Å²) in [6.45, 7) is 0. The van der Waals surface area contributed by atoms with Crippen molar-refractivity contribution in [3.05, 3.63) is 41.4 Å². The Balaban J connectivity index is 1.41. The highest BCUT2D eigenvalue weighted by molar-refractivity contribution is 7.99. The second-order valence-corrected chi connectivity index (χ2v) is 7.33. The van der Waals surface area contributed by atoms with Crippen molar-refractivity contribution in [3.8, 4) is 0 Å². The monoisotopic (exact) mass is 349 g/mol. The Kier molecular flexibility index (Phi) is 4.05. The van der Waals surface area contributed by atoms with Gasteiger partial charge in [-0.2, -0.15) is 0 Å². The number of nitrogens with one attached hydrogen (secondary N) is 2. The number of rotatable bonds is 4. The molecule has 1 aromatic heterocycles. The standard InChI is InChI=1S/C16H16ClN3O2S/c17-10-3-1-2-4-13(10)23-14-8-18-16(22-14)15(21)20-12-7-9-5-6-11(12)19-9/h1-4,8-9,11-12,19H,5-7H2,(H,20,21). The van der Waals surface area contributed by atoms with Crippen molar-refractivity contribution in [2.75, 3.05) is 0 Å². The van der Waals surface area contributed by atoms with E-state index in [1.54, 1.807) is 6.20 Å². The third-order valence-electron chi connectivity index (χ3n) is 4.34. The Morgan fingerprint density at radius 3 is 3.00 bits per heavy atom. The zero-order chi connectivity index (χ0) is 15.8. The summed E-state index contributed by atoms with van der Waals surface area (Å²) in [4.78, 5) is 17.2. The van der Waals surface area contributed by atoms with Gasteiger partial charge in [0.25, 0.3) is 5.89 Å². The lowest BCUT2D eigenvalue weighted by atomic mass is 9.95. The van der Waals surface area contributed by atoms with Crippen LogP contribution >= 0.6 is 23.4 Å². The zero-order valence-electron chi connectivity index (χ0n) is 12.3. The van der Waals surface area contributed by atoms with Crippen LogP contribution in [-0.4, -0.2) is 29.0 Å². The number of benzene rings is 1. The molecule has 0 spiro atoms. The van der Waals surface area contributed by atoms with Gasteiger partial charge in [0.2, 0.25) is 0 Å². The second kappa shape index (κ2) is 6.19. The van der Waals surface area contributed by atoms with E-state index < -0.39 is 0 Å². The lowest BCUT2D eigenvalue weighted by molar-refractivity contribution is 0.0890. The minimum Gasteiger partial charge on any atom is -0.425 e.